The van der Waals surface area contributed by atoms with Crippen molar-refractivity contribution in [2.75, 3.05) is 65.5 Å². The van der Waals surface area contributed by atoms with Crippen LogP contribution in [0.1, 0.15) is 5.56 Å². The van der Waals surface area contributed by atoms with Crippen molar-refractivity contribution in [3.8, 4) is 17.2 Å². The first-order valence-electron chi connectivity index (χ1n) is 11.8. The van der Waals surface area contributed by atoms with Crippen molar-refractivity contribution >= 4 is 23.7 Å². The molecule has 0 saturated carbocycles. The van der Waals surface area contributed by atoms with Gasteiger partial charge in [-0.3, -0.25) is 14.6 Å². The molecule has 0 aromatic heterocycles. The summed E-state index contributed by atoms with van der Waals surface area (Å²) >= 11 is 0. The number of aliphatic hydroxyl groups is 1. The highest BCUT2D eigenvalue weighted by molar-refractivity contribution is 6.14. The Morgan fingerprint density at radius 2 is 1.61 bits per heavy atom. The molecule has 192 valence electrons. The number of imide groups is 1. The number of aliphatic hydroxyl groups excluding tert-OH is 1. The van der Waals surface area contributed by atoms with Crippen LogP contribution in [0.15, 0.2) is 48.2 Å². The summed E-state index contributed by atoms with van der Waals surface area (Å²) in [6.45, 7) is 3.33. The summed E-state index contributed by atoms with van der Waals surface area (Å²) in [4.78, 5) is 30.8. The number of hydrogen-bond acceptors (Lipinski definition) is 8. The summed E-state index contributed by atoms with van der Waals surface area (Å²) in [7, 11) is 4.70. The highest BCUT2D eigenvalue weighted by Crippen LogP contribution is 2.32. The number of amides is 3. The van der Waals surface area contributed by atoms with Crippen molar-refractivity contribution in [3.63, 3.8) is 0 Å². The van der Waals surface area contributed by atoms with Crippen LogP contribution < -0.4 is 24.4 Å². The molecule has 2 N–H and O–H groups in total. The molecule has 2 aliphatic heterocycles. The summed E-state index contributed by atoms with van der Waals surface area (Å²) in [5.41, 5.74) is 1.76. The Kier molecular flexibility index (Phi) is 7.97. The molecule has 2 saturated heterocycles. The standard InChI is InChI=1S/C26H32N4O6/c1-34-22-9-5-4-8-21(22)29-13-11-28(12-14-29)16-19(31)17-30-25(32)20(27-26(30)33)15-18-7-6-10-23(35-2)24(18)36-3/h4-10,15,19,31H,11-14,16-17H2,1-3H3,(H,27,33)/b20-15-. The minimum atomic E-state index is -0.872. The van der Waals surface area contributed by atoms with E-state index in [1.165, 1.54) is 14.2 Å². The van der Waals surface area contributed by atoms with Crippen molar-refractivity contribution in [2.45, 2.75) is 6.10 Å². The van der Waals surface area contributed by atoms with E-state index < -0.39 is 18.0 Å². The Morgan fingerprint density at radius 3 is 2.31 bits per heavy atom. The number of anilines is 1. The highest BCUT2D eigenvalue weighted by Gasteiger charge is 2.35. The van der Waals surface area contributed by atoms with E-state index in [-0.39, 0.29) is 12.2 Å². The van der Waals surface area contributed by atoms with Gasteiger partial charge in [0.25, 0.3) is 5.91 Å². The van der Waals surface area contributed by atoms with E-state index in [0.29, 0.717) is 23.6 Å². The van der Waals surface area contributed by atoms with Gasteiger partial charge >= 0.3 is 6.03 Å². The summed E-state index contributed by atoms with van der Waals surface area (Å²) in [6, 6.07) is 12.6. The van der Waals surface area contributed by atoms with Crippen molar-refractivity contribution in [2.24, 2.45) is 0 Å². The van der Waals surface area contributed by atoms with E-state index in [0.717, 1.165) is 42.5 Å². The van der Waals surface area contributed by atoms with Crippen LogP contribution in [0.3, 0.4) is 0 Å². The fraction of sp³-hybridized carbons (Fsp3) is 0.385. The molecule has 36 heavy (non-hydrogen) atoms. The van der Waals surface area contributed by atoms with Crippen LogP contribution >= 0.6 is 0 Å². The number of nitrogens with one attached hydrogen (secondary N) is 1. The number of para-hydroxylation sites is 3. The van der Waals surface area contributed by atoms with Crippen LogP contribution in [0.2, 0.25) is 0 Å². The maximum absolute atomic E-state index is 12.9. The maximum Gasteiger partial charge on any atom is 0.329 e. The predicted octanol–water partition coefficient (Wildman–Crippen LogP) is 1.79. The molecule has 2 aromatic carbocycles. The molecule has 4 rings (SSSR count). The van der Waals surface area contributed by atoms with E-state index in [1.807, 2.05) is 24.3 Å². The van der Waals surface area contributed by atoms with Crippen LogP contribution in [0, 0.1) is 0 Å². The topological polar surface area (TPSA) is 104 Å². The van der Waals surface area contributed by atoms with Gasteiger partial charge in [-0.05, 0) is 24.3 Å². The number of nitrogens with zero attached hydrogens (tertiary/aromatic N) is 3. The number of rotatable bonds is 9. The number of carbonyl (C=O) groups excluding carboxylic acids is 2. The zero-order valence-electron chi connectivity index (χ0n) is 20.8. The molecular weight excluding hydrogens is 464 g/mol. The molecule has 2 heterocycles. The van der Waals surface area contributed by atoms with Gasteiger partial charge in [-0.2, -0.15) is 0 Å². The lowest BCUT2D eigenvalue weighted by atomic mass is 10.1. The molecule has 1 unspecified atom stereocenters. The number of methoxy groups -OCH3 is 3. The van der Waals surface area contributed by atoms with E-state index in [2.05, 4.69) is 15.1 Å². The molecule has 0 bridgehead atoms. The quantitative estimate of drug-likeness (QED) is 0.400. The minimum absolute atomic E-state index is 0.0933. The lowest BCUT2D eigenvalue weighted by molar-refractivity contribution is -0.124. The van der Waals surface area contributed by atoms with Crippen LogP contribution in [0.5, 0.6) is 17.2 Å². The van der Waals surface area contributed by atoms with E-state index >= 15 is 0 Å². The van der Waals surface area contributed by atoms with Crippen molar-refractivity contribution in [1.29, 1.82) is 0 Å². The first-order chi connectivity index (χ1) is 17.4. The number of hydrogen-bond donors (Lipinski definition) is 2. The van der Waals surface area contributed by atoms with Crippen molar-refractivity contribution in [1.82, 2.24) is 15.1 Å². The second kappa shape index (κ2) is 11.3. The van der Waals surface area contributed by atoms with Gasteiger partial charge < -0.3 is 29.5 Å². The number of carbonyl (C=O) groups is 2. The number of benzene rings is 2. The Hall–Kier alpha value is -3.76. The number of urea groups is 1. The molecule has 10 nitrogen and oxygen atoms in total. The number of ether oxygens (including phenoxy) is 3. The van der Waals surface area contributed by atoms with Crippen LogP contribution in [-0.4, -0.2) is 93.5 Å². The molecule has 0 aliphatic carbocycles. The Labute approximate surface area is 210 Å². The Bertz CT molecular complexity index is 1130. The van der Waals surface area contributed by atoms with Crippen molar-refractivity contribution in [3.05, 3.63) is 53.7 Å². The average Bonchev–Trinajstić information content (AvgIpc) is 3.16. The summed E-state index contributed by atoms with van der Waals surface area (Å²) < 4.78 is 16.2. The van der Waals surface area contributed by atoms with E-state index in [1.54, 1.807) is 31.4 Å². The molecular formula is C26H32N4O6. The third kappa shape index (κ3) is 5.39. The van der Waals surface area contributed by atoms with Crippen LogP contribution in [0.4, 0.5) is 10.5 Å². The molecule has 2 fully saturated rings. The first-order valence-corrected chi connectivity index (χ1v) is 11.8. The normalized spacial score (nSPS) is 18.4. The Balaban J connectivity index is 1.34. The fourth-order valence-corrected chi connectivity index (χ4v) is 4.55. The largest absolute Gasteiger partial charge is 0.495 e. The molecule has 2 aliphatic rings. The highest BCUT2D eigenvalue weighted by atomic mass is 16.5. The van der Waals surface area contributed by atoms with Gasteiger partial charge in [0, 0.05) is 38.3 Å². The SMILES string of the molecule is COc1ccccc1N1CCN(CC(O)CN2C(=O)N/C(=C\c3cccc(OC)c3OC)C2=O)CC1. The average molecular weight is 497 g/mol. The van der Waals surface area contributed by atoms with Gasteiger partial charge in [-0.25, -0.2) is 4.79 Å². The zero-order chi connectivity index (χ0) is 25.7. The summed E-state index contributed by atoms with van der Waals surface area (Å²) in [5.74, 6) is 1.31. The van der Waals surface area contributed by atoms with Gasteiger partial charge in [-0.15, -0.1) is 0 Å². The Morgan fingerprint density at radius 1 is 0.917 bits per heavy atom. The summed E-state index contributed by atoms with van der Waals surface area (Å²) in [5, 5.41) is 13.3. The smallest absolute Gasteiger partial charge is 0.329 e. The second-order valence-corrected chi connectivity index (χ2v) is 8.60. The lowest BCUT2D eigenvalue weighted by Gasteiger charge is -2.37. The molecule has 0 spiro atoms. The third-order valence-electron chi connectivity index (χ3n) is 6.36. The third-order valence-corrected chi connectivity index (χ3v) is 6.36. The number of β-amino-alcohol motifs (C(OH)–C–C–N with tert-alkyl or cyclic N) is 1. The zero-order valence-corrected chi connectivity index (χ0v) is 20.8. The molecule has 3 amide bonds. The van der Waals surface area contributed by atoms with Crippen LogP contribution in [0.25, 0.3) is 6.08 Å². The monoisotopic (exact) mass is 496 g/mol. The molecule has 0 radical (unpaired) electrons. The van der Waals surface area contributed by atoms with Gasteiger partial charge in [0.15, 0.2) is 11.5 Å². The molecule has 10 heteroatoms. The van der Waals surface area contributed by atoms with Gasteiger partial charge in [0.1, 0.15) is 11.4 Å². The fourth-order valence-electron chi connectivity index (χ4n) is 4.55. The summed E-state index contributed by atoms with van der Waals surface area (Å²) in [6.07, 6.45) is 0.675. The molecule has 1 atom stereocenters. The second-order valence-electron chi connectivity index (χ2n) is 8.60. The van der Waals surface area contributed by atoms with E-state index in [9.17, 15) is 14.7 Å². The predicted molar refractivity (Wildman–Crippen MR) is 135 cm³/mol. The van der Waals surface area contributed by atoms with E-state index in [4.69, 9.17) is 14.2 Å². The molecule has 2 aromatic rings. The number of piperazine rings is 1. The maximum atomic E-state index is 12.9. The van der Waals surface area contributed by atoms with Gasteiger partial charge in [0.05, 0.1) is 39.7 Å². The van der Waals surface area contributed by atoms with Gasteiger partial charge in [0.2, 0.25) is 0 Å². The van der Waals surface area contributed by atoms with Gasteiger partial charge in [-0.1, -0.05) is 24.3 Å². The first kappa shape index (κ1) is 25.3. The van der Waals surface area contributed by atoms with Crippen molar-refractivity contribution < 1.29 is 28.9 Å². The minimum Gasteiger partial charge on any atom is -0.495 e. The van der Waals surface area contributed by atoms with Crippen LogP contribution in [-0.2, 0) is 4.79 Å². The lowest BCUT2D eigenvalue weighted by Crippen LogP contribution is -2.50.